The molecular formula is C16H15F2NO5. The number of benzene rings is 1. The van der Waals surface area contributed by atoms with Gasteiger partial charge in [0.1, 0.15) is 22.8 Å². The number of aromatic carboxylic acids is 1. The van der Waals surface area contributed by atoms with Crippen molar-refractivity contribution in [3.05, 3.63) is 53.0 Å². The second-order valence-corrected chi connectivity index (χ2v) is 5.06. The molecule has 1 aromatic carbocycles. The van der Waals surface area contributed by atoms with Crippen molar-refractivity contribution in [3.8, 4) is 5.75 Å². The lowest BCUT2D eigenvalue weighted by Crippen LogP contribution is -2.26. The Morgan fingerprint density at radius 1 is 1.33 bits per heavy atom. The van der Waals surface area contributed by atoms with Gasteiger partial charge in [-0.3, -0.25) is 4.79 Å². The third-order valence-corrected chi connectivity index (χ3v) is 3.25. The fourth-order valence-corrected chi connectivity index (χ4v) is 2.17. The Hall–Kier alpha value is -2.90. The standard InChI is InChI=1S/C16H15F2NO5/c1-9-13(15(21)22)7-12(23-9)8-19(2)14(20)10-4-3-5-11(6-10)24-16(17)18/h3-7,16H,8H2,1-2H3,(H,21,22). The maximum Gasteiger partial charge on any atom is 0.387 e. The molecule has 2 rings (SSSR count). The molecule has 0 aliphatic carbocycles. The Labute approximate surface area is 136 Å². The van der Waals surface area contributed by atoms with Gasteiger partial charge in [-0.2, -0.15) is 8.78 Å². The number of carboxylic acids is 1. The van der Waals surface area contributed by atoms with E-state index >= 15 is 0 Å². The van der Waals surface area contributed by atoms with Gasteiger partial charge < -0.3 is 19.2 Å². The van der Waals surface area contributed by atoms with Crippen LogP contribution in [0.5, 0.6) is 5.75 Å². The van der Waals surface area contributed by atoms with Gasteiger partial charge in [0.05, 0.1) is 6.54 Å². The first-order valence-corrected chi connectivity index (χ1v) is 6.91. The Kier molecular flexibility index (Phi) is 5.18. The van der Waals surface area contributed by atoms with Crippen LogP contribution in [0, 0.1) is 6.92 Å². The molecule has 1 N–H and O–H groups in total. The molecule has 24 heavy (non-hydrogen) atoms. The van der Waals surface area contributed by atoms with Crippen LogP contribution in [0.1, 0.15) is 32.2 Å². The van der Waals surface area contributed by atoms with Crippen LogP contribution >= 0.6 is 0 Å². The summed E-state index contributed by atoms with van der Waals surface area (Å²) in [6, 6.07) is 6.77. The minimum Gasteiger partial charge on any atom is -0.478 e. The number of amides is 1. The molecule has 0 saturated heterocycles. The summed E-state index contributed by atoms with van der Waals surface area (Å²) in [6.07, 6.45) is 0. The monoisotopic (exact) mass is 339 g/mol. The number of carbonyl (C=O) groups is 2. The Morgan fingerprint density at radius 3 is 2.62 bits per heavy atom. The van der Waals surface area contributed by atoms with Crippen LogP contribution in [0.25, 0.3) is 0 Å². The van der Waals surface area contributed by atoms with Crippen LogP contribution in [-0.4, -0.2) is 35.5 Å². The molecule has 0 atom stereocenters. The number of alkyl halides is 2. The quantitative estimate of drug-likeness (QED) is 0.874. The molecule has 128 valence electrons. The van der Waals surface area contributed by atoms with Crippen LogP contribution in [0.3, 0.4) is 0 Å². The van der Waals surface area contributed by atoms with Gasteiger partial charge in [0.15, 0.2) is 0 Å². The summed E-state index contributed by atoms with van der Waals surface area (Å²) < 4.78 is 34.0. The molecule has 0 radical (unpaired) electrons. The van der Waals surface area contributed by atoms with E-state index in [1.54, 1.807) is 0 Å². The first kappa shape index (κ1) is 17.5. The van der Waals surface area contributed by atoms with Gasteiger partial charge in [-0.25, -0.2) is 4.79 Å². The number of hydrogen-bond acceptors (Lipinski definition) is 4. The van der Waals surface area contributed by atoms with E-state index in [0.29, 0.717) is 5.76 Å². The SMILES string of the molecule is Cc1oc(CN(C)C(=O)c2cccc(OC(F)F)c2)cc1C(=O)O. The zero-order chi connectivity index (χ0) is 17.9. The van der Waals surface area contributed by atoms with E-state index in [9.17, 15) is 18.4 Å². The van der Waals surface area contributed by atoms with Crippen molar-refractivity contribution in [1.29, 1.82) is 0 Å². The summed E-state index contributed by atoms with van der Waals surface area (Å²) in [4.78, 5) is 24.6. The number of carboxylic acid groups (broad SMARTS) is 1. The third-order valence-electron chi connectivity index (χ3n) is 3.25. The minimum atomic E-state index is -2.98. The third kappa shape index (κ3) is 4.09. The predicted octanol–water partition coefficient (Wildman–Crippen LogP) is 3.16. The predicted molar refractivity (Wildman–Crippen MR) is 79.3 cm³/mol. The number of halogens is 2. The molecule has 0 fully saturated rings. The van der Waals surface area contributed by atoms with E-state index < -0.39 is 18.5 Å². The summed E-state index contributed by atoms with van der Waals surface area (Å²) in [5.41, 5.74) is 0.190. The fourth-order valence-electron chi connectivity index (χ4n) is 2.17. The summed E-state index contributed by atoms with van der Waals surface area (Å²) >= 11 is 0. The largest absolute Gasteiger partial charge is 0.478 e. The maximum absolute atomic E-state index is 12.3. The zero-order valence-corrected chi connectivity index (χ0v) is 13.0. The van der Waals surface area contributed by atoms with E-state index in [1.165, 1.54) is 49.2 Å². The van der Waals surface area contributed by atoms with Crippen molar-refractivity contribution in [2.24, 2.45) is 0 Å². The molecule has 1 aromatic heterocycles. The fraction of sp³-hybridized carbons (Fsp3) is 0.250. The van der Waals surface area contributed by atoms with E-state index in [0.717, 1.165) is 0 Å². The second kappa shape index (κ2) is 7.12. The molecule has 0 saturated carbocycles. The lowest BCUT2D eigenvalue weighted by Gasteiger charge is -2.16. The molecule has 1 heterocycles. The van der Waals surface area contributed by atoms with Crippen LogP contribution in [-0.2, 0) is 6.54 Å². The van der Waals surface area contributed by atoms with Crippen molar-refractivity contribution in [3.63, 3.8) is 0 Å². The number of carbonyl (C=O) groups excluding carboxylic acids is 1. The van der Waals surface area contributed by atoms with Gasteiger partial charge in [-0.1, -0.05) is 6.07 Å². The van der Waals surface area contributed by atoms with Crippen molar-refractivity contribution in [1.82, 2.24) is 4.90 Å². The highest BCUT2D eigenvalue weighted by atomic mass is 19.3. The highest BCUT2D eigenvalue weighted by molar-refractivity contribution is 5.94. The molecule has 2 aromatic rings. The summed E-state index contributed by atoms with van der Waals surface area (Å²) in [6.45, 7) is -1.43. The van der Waals surface area contributed by atoms with Gasteiger partial charge >= 0.3 is 12.6 Å². The van der Waals surface area contributed by atoms with E-state index in [-0.39, 0.29) is 29.2 Å². The first-order chi connectivity index (χ1) is 11.3. The number of hydrogen-bond donors (Lipinski definition) is 1. The molecule has 0 spiro atoms. The zero-order valence-electron chi connectivity index (χ0n) is 13.0. The Balaban J connectivity index is 2.12. The molecule has 8 heteroatoms. The first-order valence-electron chi connectivity index (χ1n) is 6.91. The lowest BCUT2D eigenvalue weighted by atomic mass is 10.2. The van der Waals surface area contributed by atoms with Crippen LogP contribution in [0.2, 0.25) is 0 Å². The van der Waals surface area contributed by atoms with Gasteiger partial charge in [0.2, 0.25) is 0 Å². The van der Waals surface area contributed by atoms with Crippen LogP contribution in [0.4, 0.5) is 8.78 Å². The molecule has 6 nitrogen and oxygen atoms in total. The van der Waals surface area contributed by atoms with E-state index in [4.69, 9.17) is 9.52 Å². The van der Waals surface area contributed by atoms with Gasteiger partial charge in [-0.15, -0.1) is 0 Å². The number of furan rings is 1. The average molecular weight is 339 g/mol. The molecule has 0 unspecified atom stereocenters. The number of aryl methyl sites for hydroxylation is 1. The maximum atomic E-state index is 12.3. The lowest BCUT2D eigenvalue weighted by molar-refractivity contribution is -0.0499. The van der Waals surface area contributed by atoms with Crippen LogP contribution in [0.15, 0.2) is 34.7 Å². The topological polar surface area (TPSA) is 80.0 Å². The van der Waals surface area contributed by atoms with Gasteiger partial charge in [0, 0.05) is 12.6 Å². The molecule has 0 aliphatic heterocycles. The van der Waals surface area contributed by atoms with Crippen molar-refractivity contribution in [2.45, 2.75) is 20.1 Å². The normalized spacial score (nSPS) is 10.7. The summed E-state index contributed by atoms with van der Waals surface area (Å²) in [5, 5.41) is 8.99. The Morgan fingerprint density at radius 2 is 2.04 bits per heavy atom. The van der Waals surface area contributed by atoms with Crippen molar-refractivity contribution >= 4 is 11.9 Å². The average Bonchev–Trinajstić information content (AvgIpc) is 2.86. The molecule has 1 amide bonds. The van der Waals surface area contributed by atoms with Crippen LogP contribution < -0.4 is 4.74 Å². The number of nitrogens with zero attached hydrogens (tertiary/aromatic N) is 1. The summed E-state index contributed by atoms with van der Waals surface area (Å²) in [5.74, 6) is -1.13. The number of rotatable bonds is 6. The minimum absolute atomic E-state index is 0.0261. The van der Waals surface area contributed by atoms with Crippen molar-refractivity contribution in [2.75, 3.05) is 7.05 Å². The van der Waals surface area contributed by atoms with E-state index in [1.807, 2.05) is 0 Å². The van der Waals surface area contributed by atoms with Gasteiger partial charge in [0.25, 0.3) is 5.91 Å². The smallest absolute Gasteiger partial charge is 0.387 e. The molecular weight excluding hydrogens is 324 g/mol. The van der Waals surface area contributed by atoms with Crippen molar-refractivity contribution < 1.29 is 32.6 Å². The summed E-state index contributed by atoms with van der Waals surface area (Å²) in [7, 11) is 1.49. The second-order valence-electron chi connectivity index (χ2n) is 5.06. The van der Waals surface area contributed by atoms with Gasteiger partial charge in [-0.05, 0) is 31.2 Å². The highest BCUT2D eigenvalue weighted by Crippen LogP contribution is 2.19. The Bertz CT molecular complexity index is 757. The molecule has 0 bridgehead atoms. The number of ether oxygens (including phenoxy) is 1. The molecule has 0 aliphatic rings. The highest BCUT2D eigenvalue weighted by Gasteiger charge is 2.18. The van der Waals surface area contributed by atoms with E-state index in [2.05, 4.69) is 4.74 Å².